The monoisotopic (exact) mass is 279 g/mol. The van der Waals surface area contributed by atoms with Crippen LogP contribution >= 0.6 is 0 Å². The molecule has 0 unspecified atom stereocenters. The molecule has 1 aromatic rings. The van der Waals surface area contributed by atoms with Crippen molar-refractivity contribution in [3.05, 3.63) is 29.8 Å². The molecular weight excluding hydrogens is 254 g/mol. The van der Waals surface area contributed by atoms with Gasteiger partial charge in [0, 0.05) is 25.3 Å². The highest BCUT2D eigenvalue weighted by atomic mass is 16.5. The second-order valence-electron chi connectivity index (χ2n) is 5.61. The summed E-state index contributed by atoms with van der Waals surface area (Å²) in [5.74, 6) is 1.28. The average Bonchev–Trinajstić information content (AvgIpc) is 2.53. The zero-order valence-electron chi connectivity index (χ0n) is 12.4. The Labute approximate surface area is 121 Å². The van der Waals surface area contributed by atoms with Gasteiger partial charge in [-0.15, -0.1) is 0 Å². The lowest BCUT2D eigenvalue weighted by Crippen LogP contribution is -2.53. The van der Waals surface area contributed by atoms with Crippen LogP contribution < -0.4 is 10.1 Å². The average molecular weight is 279 g/mol. The lowest BCUT2D eigenvalue weighted by atomic mass is 9.89. The zero-order chi connectivity index (χ0) is 14.4. The SMILES string of the molecule is COc1ccc([C@@H](C)CNC2(CO)CCOCC2)cc1. The molecule has 1 atom stereocenters. The number of methoxy groups -OCH3 is 1. The first kappa shape index (κ1) is 15.3. The predicted octanol–water partition coefficient (Wildman–Crippen LogP) is 1.93. The number of benzene rings is 1. The fourth-order valence-electron chi connectivity index (χ4n) is 2.57. The highest BCUT2D eigenvalue weighted by Gasteiger charge is 2.31. The number of hydrogen-bond acceptors (Lipinski definition) is 4. The van der Waals surface area contributed by atoms with Gasteiger partial charge in [-0.1, -0.05) is 19.1 Å². The quantitative estimate of drug-likeness (QED) is 0.835. The minimum atomic E-state index is -0.168. The highest BCUT2D eigenvalue weighted by molar-refractivity contribution is 5.29. The molecule has 20 heavy (non-hydrogen) atoms. The highest BCUT2D eigenvalue weighted by Crippen LogP contribution is 2.23. The van der Waals surface area contributed by atoms with E-state index in [1.807, 2.05) is 12.1 Å². The fraction of sp³-hybridized carbons (Fsp3) is 0.625. The van der Waals surface area contributed by atoms with E-state index in [4.69, 9.17) is 9.47 Å². The summed E-state index contributed by atoms with van der Waals surface area (Å²) in [7, 11) is 1.68. The molecule has 1 fully saturated rings. The van der Waals surface area contributed by atoms with Crippen molar-refractivity contribution < 1.29 is 14.6 Å². The standard InChI is InChI=1S/C16H25NO3/c1-13(14-3-5-15(19-2)6-4-14)11-17-16(12-18)7-9-20-10-8-16/h3-6,13,17-18H,7-12H2,1-2H3/t13-/m0/s1. The van der Waals surface area contributed by atoms with E-state index in [0.717, 1.165) is 38.3 Å². The Morgan fingerprint density at radius 2 is 1.95 bits per heavy atom. The topological polar surface area (TPSA) is 50.7 Å². The maximum Gasteiger partial charge on any atom is 0.118 e. The third kappa shape index (κ3) is 3.72. The zero-order valence-corrected chi connectivity index (χ0v) is 12.4. The van der Waals surface area contributed by atoms with Gasteiger partial charge in [-0.3, -0.25) is 0 Å². The molecule has 2 rings (SSSR count). The lowest BCUT2D eigenvalue weighted by Gasteiger charge is -2.37. The van der Waals surface area contributed by atoms with Crippen LogP contribution in [-0.2, 0) is 4.74 Å². The van der Waals surface area contributed by atoms with Crippen LogP contribution in [0.2, 0.25) is 0 Å². The minimum absolute atomic E-state index is 0.168. The molecule has 0 aliphatic carbocycles. The number of rotatable bonds is 6. The van der Waals surface area contributed by atoms with Crippen LogP contribution in [0.5, 0.6) is 5.75 Å². The molecular formula is C16H25NO3. The van der Waals surface area contributed by atoms with Gasteiger partial charge in [0.25, 0.3) is 0 Å². The van der Waals surface area contributed by atoms with Crippen LogP contribution in [-0.4, -0.2) is 44.1 Å². The number of aliphatic hydroxyl groups is 1. The van der Waals surface area contributed by atoms with E-state index in [-0.39, 0.29) is 12.1 Å². The van der Waals surface area contributed by atoms with Crippen molar-refractivity contribution in [1.82, 2.24) is 5.32 Å². The fourth-order valence-corrected chi connectivity index (χ4v) is 2.57. The molecule has 1 aliphatic heterocycles. The number of nitrogens with one attached hydrogen (secondary N) is 1. The van der Waals surface area contributed by atoms with Crippen LogP contribution in [0.15, 0.2) is 24.3 Å². The molecule has 0 spiro atoms. The van der Waals surface area contributed by atoms with E-state index in [1.165, 1.54) is 5.56 Å². The number of ether oxygens (including phenoxy) is 2. The van der Waals surface area contributed by atoms with E-state index in [0.29, 0.717) is 5.92 Å². The van der Waals surface area contributed by atoms with Gasteiger partial charge in [-0.05, 0) is 36.5 Å². The summed E-state index contributed by atoms with van der Waals surface area (Å²) in [5, 5.41) is 13.2. The maximum absolute atomic E-state index is 9.66. The van der Waals surface area contributed by atoms with Crippen LogP contribution in [0.1, 0.15) is 31.2 Å². The summed E-state index contributed by atoms with van der Waals surface area (Å²) in [4.78, 5) is 0. The molecule has 1 aromatic carbocycles. The maximum atomic E-state index is 9.66. The Morgan fingerprint density at radius 3 is 2.50 bits per heavy atom. The van der Waals surface area contributed by atoms with Gasteiger partial charge >= 0.3 is 0 Å². The smallest absolute Gasteiger partial charge is 0.118 e. The first-order valence-corrected chi connectivity index (χ1v) is 7.27. The summed E-state index contributed by atoms with van der Waals surface area (Å²) in [6, 6.07) is 8.17. The van der Waals surface area contributed by atoms with Gasteiger partial charge in [0.05, 0.1) is 13.7 Å². The second kappa shape index (κ2) is 7.07. The Morgan fingerprint density at radius 1 is 1.30 bits per heavy atom. The Bertz CT molecular complexity index is 399. The van der Waals surface area contributed by atoms with Crippen molar-refractivity contribution in [3.63, 3.8) is 0 Å². The first-order valence-electron chi connectivity index (χ1n) is 7.27. The van der Waals surface area contributed by atoms with Gasteiger partial charge in [0.15, 0.2) is 0 Å². The summed E-state index contributed by atoms with van der Waals surface area (Å²) >= 11 is 0. The summed E-state index contributed by atoms with van der Waals surface area (Å²) in [5.41, 5.74) is 1.11. The van der Waals surface area contributed by atoms with Crippen LogP contribution in [0.4, 0.5) is 0 Å². The normalized spacial score (nSPS) is 19.6. The Kier molecular flexibility index (Phi) is 5.40. The van der Waals surface area contributed by atoms with Gasteiger partial charge < -0.3 is 19.9 Å². The van der Waals surface area contributed by atoms with Crippen molar-refractivity contribution in [1.29, 1.82) is 0 Å². The van der Waals surface area contributed by atoms with Gasteiger partial charge in [0.1, 0.15) is 5.75 Å². The summed E-state index contributed by atoms with van der Waals surface area (Å²) < 4.78 is 10.6. The van der Waals surface area contributed by atoms with E-state index in [1.54, 1.807) is 7.11 Å². The molecule has 0 aromatic heterocycles. The molecule has 2 N–H and O–H groups in total. The van der Waals surface area contributed by atoms with E-state index < -0.39 is 0 Å². The largest absolute Gasteiger partial charge is 0.497 e. The third-order valence-electron chi connectivity index (χ3n) is 4.22. The van der Waals surface area contributed by atoms with Crippen LogP contribution in [0.3, 0.4) is 0 Å². The van der Waals surface area contributed by atoms with Crippen LogP contribution in [0, 0.1) is 0 Å². The Balaban J connectivity index is 1.91. The molecule has 1 saturated heterocycles. The van der Waals surface area contributed by atoms with E-state index in [9.17, 15) is 5.11 Å². The molecule has 1 aliphatic rings. The van der Waals surface area contributed by atoms with E-state index >= 15 is 0 Å². The van der Waals surface area contributed by atoms with Crippen LogP contribution in [0.25, 0.3) is 0 Å². The van der Waals surface area contributed by atoms with Crippen molar-refractivity contribution in [2.24, 2.45) is 0 Å². The predicted molar refractivity (Wildman–Crippen MR) is 79.3 cm³/mol. The van der Waals surface area contributed by atoms with Gasteiger partial charge in [-0.2, -0.15) is 0 Å². The third-order valence-corrected chi connectivity index (χ3v) is 4.22. The first-order chi connectivity index (χ1) is 9.69. The minimum Gasteiger partial charge on any atom is -0.497 e. The van der Waals surface area contributed by atoms with Gasteiger partial charge in [-0.25, -0.2) is 0 Å². The molecule has 4 heteroatoms. The molecule has 0 amide bonds. The van der Waals surface area contributed by atoms with Crippen molar-refractivity contribution in [3.8, 4) is 5.75 Å². The van der Waals surface area contributed by atoms with Crippen molar-refractivity contribution in [2.75, 3.05) is 33.5 Å². The number of aliphatic hydroxyl groups excluding tert-OH is 1. The van der Waals surface area contributed by atoms with Crippen molar-refractivity contribution in [2.45, 2.75) is 31.2 Å². The molecule has 0 saturated carbocycles. The Hall–Kier alpha value is -1.10. The molecule has 1 heterocycles. The summed E-state index contributed by atoms with van der Waals surface area (Å²) in [6.07, 6.45) is 1.75. The lowest BCUT2D eigenvalue weighted by molar-refractivity contribution is 0.0116. The van der Waals surface area contributed by atoms with Crippen molar-refractivity contribution >= 4 is 0 Å². The second-order valence-corrected chi connectivity index (χ2v) is 5.61. The summed E-state index contributed by atoms with van der Waals surface area (Å²) in [6.45, 7) is 4.67. The number of hydrogen-bond donors (Lipinski definition) is 2. The van der Waals surface area contributed by atoms with E-state index in [2.05, 4.69) is 24.4 Å². The molecule has 4 nitrogen and oxygen atoms in total. The molecule has 0 radical (unpaired) electrons. The van der Waals surface area contributed by atoms with Gasteiger partial charge in [0.2, 0.25) is 0 Å². The molecule has 0 bridgehead atoms. The molecule has 112 valence electrons.